The second-order valence-corrected chi connectivity index (χ2v) is 7.01. The molecule has 1 aromatic carbocycles. The number of carbonyl (C=O) groups is 2. The van der Waals surface area contributed by atoms with E-state index in [0.29, 0.717) is 5.92 Å². The molecule has 0 radical (unpaired) electrons. The minimum Gasteiger partial charge on any atom is -0.449 e. The van der Waals surface area contributed by atoms with Crippen molar-refractivity contribution in [3.05, 3.63) is 52.9 Å². The molecule has 0 bridgehead atoms. The molecule has 1 heterocycles. The molecule has 0 fully saturated rings. The van der Waals surface area contributed by atoms with Gasteiger partial charge in [0.05, 0.1) is 5.69 Å². The number of anilines is 1. The summed E-state index contributed by atoms with van der Waals surface area (Å²) in [6, 6.07) is 7.69. The van der Waals surface area contributed by atoms with Crippen LogP contribution in [0, 0.1) is 13.8 Å². The number of hydrogen-bond donors (Lipinski definition) is 1. The highest BCUT2D eigenvalue weighted by Gasteiger charge is 2.19. The van der Waals surface area contributed by atoms with Gasteiger partial charge in [-0.25, -0.2) is 4.79 Å². The van der Waals surface area contributed by atoms with Gasteiger partial charge in [0.15, 0.2) is 6.10 Å². The molecule has 0 aliphatic heterocycles. The summed E-state index contributed by atoms with van der Waals surface area (Å²) in [6.07, 6.45) is 3.06. The number of para-hydroxylation sites is 1. The maximum absolute atomic E-state index is 12.5. The van der Waals surface area contributed by atoms with Crippen molar-refractivity contribution in [3.8, 4) is 0 Å². The number of ether oxygens (including phenoxy) is 1. The first-order valence-corrected chi connectivity index (χ1v) is 9.53. The van der Waals surface area contributed by atoms with Gasteiger partial charge in [0.1, 0.15) is 0 Å². The summed E-state index contributed by atoms with van der Waals surface area (Å²) < 4.78 is 7.01. The maximum atomic E-state index is 12.5. The first-order chi connectivity index (χ1) is 13.2. The number of amides is 1. The Labute approximate surface area is 166 Å². The third-order valence-electron chi connectivity index (χ3n) is 4.98. The van der Waals surface area contributed by atoms with E-state index in [9.17, 15) is 9.59 Å². The molecule has 6 nitrogen and oxygen atoms in total. The van der Waals surface area contributed by atoms with Gasteiger partial charge >= 0.3 is 5.97 Å². The van der Waals surface area contributed by atoms with Gasteiger partial charge in [-0.2, -0.15) is 5.10 Å². The van der Waals surface area contributed by atoms with Crippen LogP contribution in [0.4, 0.5) is 5.69 Å². The van der Waals surface area contributed by atoms with E-state index in [0.717, 1.165) is 34.6 Å². The quantitative estimate of drug-likeness (QED) is 0.576. The van der Waals surface area contributed by atoms with Crippen molar-refractivity contribution in [2.24, 2.45) is 7.05 Å². The molecule has 0 unspecified atom stereocenters. The lowest BCUT2D eigenvalue weighted by Crippen LogP contribution is -2.29. The van der Waals surface area contributed by atoms with Crippen LogP contribution in [-0.4, -0.2) is 27.8 Å². The van der Waals surface area contributed by atoms with E-state index >= 15 is 0 Å². The minimum absolute atomic E-state index is 0.322. The van der Waals surface area contributed by atoms with E-state index in [1.807, 2.05) is 45.2 Å². The Morgan fingerprint density at radius 1 is 1.25 bits per heavy atom. The van der Waals surface area contributed by atoms with Crippen LogP contribution in [0.5, 0.6) is 0 Å². The van der Waals surface area contributed by atoms with Crippen LogP contribution >= 0.6 is 0 Å². The minimum atomic E-state index is -0.904. The highest BCUT2D eigenvalue weighted by atomic mass is 16.5. The van der Waals surface area contributed by atoms with Crippen molar-refractivity contribution < 1.29 is 14.3 Å². The molecular weight excluding hydrogens is 354 g/mol. The number of nitrogens with one attached hydrogen (secondary N) is 1. The Kier molecular flexibility index (Phi) is 7.15. The zero-order valence-corrected chi connectivity index (χ0v) is 17.4. The fraction of sp³-hybridized carbons (Fsp3) is 0.409. The summed E-state index contributed by atoms with van der Waals surface area (Å²) >= 11 is 0. The fourth-order valence-corrected chi connectivity index (χ4v) is 2.94. The van der Waals surface area contributed by atoms with Gasteiger partial charge in [0, 0.05) is 30.1 Å². The molecule has 6 heteroatoms. The van der Waals surface area contributed by atoms with Crippen LogP contribution in [-0.2, 0) is 21.4 Å². The molecule has 0 saturated carbocycles. The van der Waals surface area contributed by atoms with Crippen LogP contribution in [0.15, 0.2) is 30.3 Å². The standard InChI is InChI=1S/C22H29N3O3/c1-7-14(2)18-10-8-9-11-20(18)23-22(27)17(5)28-21(26)13-12-19-15(3)24-25(6)16(19)4/h8-14,17H,7H2,1-6H3,(H,23,27)/b13-12+/t14-,17+/m1/s1. The molecule has 150 valence electrons. The molecule has 2 rings (SSSR count). The Bertz CT molecular complexity index is 883. The third-order valence-corrected chi connectivity index (χ3v) is 4.98. The molecule has 0 saturated heterocycles. The number of aromatic nitrogens is 2. The molecule has 0 aliphatic carbocycles. The zero-order valence-electron chi connectivity index (χ0n) is 17.4. The summed E-state index contributed by atoms with van der Waals surface area (Å²) in [5.41, 5.74) is 4.48. The summed E-state index contributed by atoms with van der Waals surface area (Å²) in [5, 5.41) is 7.18. The van der Waals surface area contributed by atoms with E-state index in [2.05, 4.69) is 24.3 Å². The number of carbonyl (C=O) groups excluding carboxylic acids is 2. The molecule has 1 N–H and O–H groups in total. The highest BCUT2D eigenvalue weighted by Crippen LogP contribution is 2.26. The number of nitrogens with zero attached hydrogens (tertiary/aromatic N) is 2. The number of esters is 1. The highest BCUT2D eigenvalue weighted by molar-refractivity contribution is 5.97. The van der Waals surface area contributed by atoms with Gasteiger partial charge in [-0.3, -0.25) is 9.48 Å². The van der Waals surface area contributed by atoms with Crippen molar-refractivity contribution in [2.45, 2.75) is 53.1 Å². The first kappa shape index (κ1) is 21.4. The van der Waals surface area contributed by atoms with Crippen molar-refractivity contribution in [3.63, 3.8) is 0 Å². The number of hydrogen-bond acceptors (Lipinski definition) is 4. The molecule has 1 aromatic heterocycles. The summed E-state index contributed by atoms with van der Waals surface area (Å²) in [4.78, 5) is 24.6. The van der Waals surface area contributed by atoms with Gasteiger partial charge in [-0.1, -0.05) is 32.0 Å². The van der Waals surface area contributed by atoms with E-state index in [1.165, 1.54) is 6.08 Å². The van der Waals surface area contributed by atoms with Crippen LogP contribution < -0.4 is 5.32 Å². The first-order valence-electron chi connectivity index (χ1n) is 9.53. The Balaban J connectivity index is 2.01. The SMILES string of the molecule is CC[C@@H](C)c1ccccc1NC(=O)[C@H](C)OC(=O)/C=C/c1c(C)nn(C)c1C. The van der Waals surface area contributed by atoms with E-state index in [1.54, 1.807) is 17.7 Å². The van der Waals surface area contributed by atoms with Crippen LogP contribution in [0.3, 0.4) is 0 Å². The predicted molar refractivity (Wildman–Crippen MR) is 111 cm³/mol. The lowest BCUT2D eigenvalue weighted by molar-refractivity contribution is -0.148. The molecular formula is C22H29N3O3. The molecule has 2 atom stereocenters. The normalized spacial score (nSPS) is 13.4. The Morgan fingerprint density at radius 3 is 2.54 bits per heavy atom. The smallest absolute Gasteiger partial charge is 0.331 e. The van der Waals surface area contributed by atoms with Crippen molar-refractivity contribution >= 4 is 23.6 Å². The lowest BCUT2D eigenvalue weighted by atomic mass is 9.97. The third kappa shape index (κ3) is 5.09. The molecule has 0 aliphatic rings. The molecule has 2 aromatic rings. The van der Waals surface area contributed by atoms with Crippen molar-refractivity contribution in [2.75, 3.05) is 5.32 Å². The van der Waals surface area contributed by atoms with E-state index in [4.69, 9.17) is 4.74 Å². The van der Waals surface area contributed by atoms with Crippen LogP contribution in [0.1, 0.15) is 55.6 Å². The van der Waals surface area contributed by atoms with E-state index in [-0.39, 0.29) is 5.91 Å². The number of benzene rings is 1. The molecule has 28 heavy (non-hydrogen) atoms. The van der Waals surface area contributed by atoms with Gasteiger partial charge < -0.3 is 10.1 Å². The average molecular weight is 383 g/mol. The fourth-order valence-electron chi connectivity index (χ4n) is 2.94. The average Bonchev–Trinajstić information content (AvgIpc) is 2.91. The van der Waals surface area contributed by atoms with Gasteiger partial charge in [-0.15, -0.1) is 0 Å². The zero-order chi connectivity index (χ0) is 20.8. The predicted octanol–water partition coefficient (Wildman–Crippen LogP) is 4.13. The summed E-state index contributed by atoms with van der Waals surface area (Å²) in [7, 11) is 1.85. The topological polar surface area (TPSA) is 73.2 Å². The largest absolute Gasteiger partial charge is 0.449 e. The van der Waals surface area contributed by atoms with Gasteiger partial charge in [-0.05, 0) is 50.8 Å². The molecule has 1 amide bonds. The summed E-state index contributed by atoms with van der Waals surface area (Å²) in [6.45, 7) is 9.58. The van der Waals surface area contributed by atoms with Gasteiger partial charge in [0.25, 0.3) is 5.91 Å². The van der Waals surface area contributed by atoms with E-state index < -0.39 is 12.1 Å². The Hall–Kier alpha value is -2.89. The van der Waals surface area contributed by atoms with Crippen LogP contribution in [0.25, 0.3) is 6.08 Å². The Morgan fingerprint density at radius 2 is 1.93 bits per heavy atom. The maximum Gasteiger partial charge on any atom is 0.331 e. The molecule has 0 spiro atoms. The number of rotatable bonds is 7. The van der Waals surface area contributed by atoms with Crippen LogP contribution in [0.2, 0.25) is 0 Å². The monoisotopic (exact) mass is 383 g/mol. The summed E-state index contributed by atoms with van der Waals surface area (Å²) in [5.74, 6) is -0.602. The second kappa shape index (κ2) is 9.35. The van der Waals surface area contributed by atoms with Crippen molar-refractivity contribution in [1.29, 1.82) is 0 Å². The number of aryl methyl sites for hydroxylation is 2. The van der Waals surface area contributed by atoms with Gasteiger partial charge in [0.2, 0.25) is 0 Å². The second-order valence-electron chi connectivity index (χ2n) is 7.01. The van der Waals surface area contributed by atoms with Crippen molar-refractivity contribution in [1.82, 2.24) is 9.78 Å². The lowest BCUT2D eigenvalue weighted by Gasteiger charge is -2.17.